The molecule has 0 aliphatic heterocycles. The minimum absolute atomic E-state index is 0.156. The molecule has 5 rings (SSSR count). The first kappa shape index (κ1) is 23.3. The van der Waals surface area contributed by atoms with Crippen LogP contribution in [0.25, 0.3) is 28.0 Å². The highest BCUT2D eigenvalue weighted by molar-refractivity contribution is 5.94. The molecule has 5 aromatic rings. The van der Waals surface area contributed by atoms with Crippen molar-refractivity contribution in [3.63, 3.8) is 0 Å². The first-order chi connectivity index (χ1) is 18.0. The van der Waals surface area contributed by atoms with Gasteiger partial charge in [0.1, 0.15) is 0 Å². The Hall–Kier alpha value is -5.44. The zero-order valence-corrected chi connectivity index (χ0v) is 19.3. The number of fused-ring (bicyclic) bond motifs is 1. The van der Waals surface area contributed by atoms with Crippen molar-refractivity contribution in [3.8, 4) is 17.1 Å². The van der Waals surface area contributed by atoms with E-state index in [1.165, 1.54) is 16.8 Å². The van der Waals surface area contributed by atoms with Crippen LogP contribution in [0.1, 0.15) is 15.9 Å². The zero-order chi connectivity index (χ0) is 25.8. The third-order valence-electron chi connectivity index (χ3n) is 5.68. The Kier molecular flexibility index (Phi) is 6.33. The van der Waals surface area contributed by atoms with E-state index in [4.69, 9.17) is 0 Å². The number of rotatable bonds is 6. The largest absolute Gasteiger partial charge is 0.280 e. The molecule has 0 bridgehead atoms. The predicted octanol–water partition coefficient (Wildman–Crippen LogP) is 4.72. The number of benzene rings is 4. The Balaban J connectivity index is 1.54. The molecular weight excluding hydrogens is 470 g/mol. The molecule has 1 heterocycles. The molecule has 37 heavy (non-hydrogen) atoms. The maximum absolute atomic E-state index is 13.6. The number of nitrogens with zero attached hydrogens (tertiary/aromatic N) is 4. The normalized spacial score (nSPS) is 11.0. The molecule has 9 heteroatoms. The van der Waals surface area contributed by atoms with Gasteiger partial charge in [-0.25, -0.2) is 10.4 Å². The van der Waals surface area contributed by atoms with Crippen LogP contribution in [0.5, 0.6) is 0 Å². The lowest BCUT2D eigenvalue weighted by Crippen LogP contribution is -2.22. The molecule has 0 aliphatic carbocycles. The molecule has 0 spiro atoms. The molecule has 180 valence electrons. The molecule has 0 aliphatic rings. The molecule has 1 N–H and O–H groups in total. The second-order valence-corrected chi connectivity index (χ2v) is 8.02. The number of aromatic nitrogens is 2. The third kappa shape index (κ3) is 4.73. The van der Waals surface area contributed by atoms with Gasteiger partial charge in [-0.2, -0.15) is 5.10 Å². The van der Waals surface area contributed by atoms with Gasteiger partial charge < -0.3 is 0 Å². The van der Waals surface area contributed by atoms with Crippen LogP contribution in [-0.4, -0.2) is 26.6 Å². The van der Waals surface area contributed by atoms with Crippen molar-refractivity contribution < 1.29 is 9.72 Å². The molecule has 9 nitrogen and oxygen atoms in total. The Morgan fingerprint density at radius 2 is 1.57 bits per heavy atom. The summed E-state index contributed by atoms with van der Waals surface area (Å²) in [6.07, 6.45) is 1.48. The topological polar surface area (TPSA) is 119 Å². The van der Waals surface area contributed by atoms with Crippen molar-refractivity contribution in [2.45, 2.75) is 0 Å². The van der Waals surface area contributed by atoms with Gasteiger partial charge in [0.05, 0.1) is 33.3 Å². The van der Waals surface area contributed by atoms with E-state index in [2.05, 4.69) is 15.5 Å². The van der Waals surface area contributed by atoms with Gasteiger partial charge >= 0.3 is 0 Å². The van der Waals surface area contributed by atoms with E-state index in [9.17, 15) is 19.7 Å². The van der Waals surface area contributed by atoms with Crippen LogP contribution in [0.3, 0.4) is 0 Å². The first-order valence-corrected chi connectivity index (χ1v) is 11.3. The van der Waals surface area contributed by atoms with Crippen LogP contribution in [0.15, 0.2) is 113 Å². The molecule has 0 unspecified atom stereocenters. The van der Waals surface area contributed by atoms with E-state index in [0.717, 1.165) is 0 Å². The Morgan fingerprint density at radius 1 is 0.892 bits per heavy atom. The number of hydrazone groups is 1. The van der Waals surface area contributed by atoms with E-state index in [-0.39, 0.29) is 28.5 Å². The van der Waals surface area contributed by atoms with E-state index >= 15 is 0 Å². The summed E-state index contributed by atoms with van der Waals surface area (Å²) in [6, 6.07) is 28.6. The summed E-state index contributed by atoms with van der Waals surface area (Å²) in [5.74, 6) is -0.177. The Morgan fingerprint density at radius 3 is 2.32 bits per heavy atom. The summed E-state index contributed by atoms with van der Waals surface area (Å²) in [4.78, 5) is 41.6. The number of hydrogen-bond donors (Lipinski definition) is 1. The van der Waals surface area contributed by atoms with Gasteiger partial charge in [0.15, 0.2) is 5.82 Å². The molecule has 0 atom stereocenters. The van der Waals surface area contributed by atoms with Gasteiger partial charge in [-0.1, -0.05) is 54.6 Å². The van der Waals surface area contributed by atoms with Gasteiger partial charge in [0.25, 0.3) is 17.2 Å². The number of para-hydroxylation sites is 2. The van der Waals surface area contributed by atoms with Crippen LogP contribution >= 0.6 is 0 Å². The van der Waals surface area contributed by atoms with Crippen LogP contribution < -0.4 is 11.0 Å². The number of carbonyl (C=O) groups is 1. The molecule has 0 radical (unpaired) electrons. The predicted molar refractivity (Wildman–Crippen MR) is 141 cm³/mol. The summed E-state index contributed by atoms with van der Waals surface area (Å²) in [6.45, 7) is 0. The Labute approximate surface area is 210 Å². The van der Waals surface area contributed by atoms with E-state index in [1.54, 1.807) is 91.0 Å². The SMILES string of the molecule is O=C(N/N=C/c1ccc(-n2c(-c3ccccc3[N+](=O)[O-])nc3ccccc3c2=O)cc1)c1ccccc1. The monoisotopic (exact) mass is 489 g/mol. The van der Waals surface area contributed by atoms with Crippen molar-refractivity contribution >= 4 is 28.7 Å². The maximum Gasteiger partial charge on any atom is 0.280 e. The summed E-state index contributed by atoms with van der Waals surface area (Å²) >= 11 is 0. The molecule has 0 fully saturated rings. The summed E-state index contributed by atoms with van der Waals surface area (Å²) in [5, 5.41) is 16.1. The molecule has 1 amide bonds. The van der Waals surface area contributed by atoms with Gasteiger partial charge in [0, 0.05) is 11.6 Å². The number of hydrogen-bond acceptors (Lipinski definition) is 6. The standard InChI is InChI=1S/C28H19N5O4/c34-27(20-8-2-1-3-9-20)31-29-18-19-14-16-21(17-15-19)32-26(23-11-5-7-13-25(23)33(36)37)30-24-12-6-4-10-22(24)28(32)35/h1-18H,(H,31,34)/b29-18+. The lowest BCUT2D eigenvalue weighted by Gasteiger charge is -2.14. The third-order valence-corrected chi connectivity index (χ3v) is 5.68. The smallest absolute Gasteiger partial charge is 0.268 e. The van der Waals surface area contributed by atoms with Crippen LogP contribution in [0, 0.1) is 10.1 Å². The highest BCUT2D eigenvalue weighted by Crippen LogP contribution is 2.30. The number of amides is 1. The van der Waals surface area contributed by atoms with E-state index in [1.807, 2.05) is 6.07 Å². The number of nitro benzene ring substituents is 1. The fraction of sp³-hybridized carbons (Fsp3) is 0. The Bertz CT molecular complexity index is 1710. The van der Waals surface area contributed by atoms with Crippen molar-refractivity contribution in [2.24, 2.45) is 5.10 Å². The molecule has 4 aromatic carbocycles. The fourth-order valence-corrected chi connectivity index (χ4v) is 3.90. The summed E-state index contributed by atoms with van der Waals surface area (Å²) in [5.41, 5.74) is 4.26. The lowest BCUT2D eigenvalue weighted by molar-refractivity contribution is -0.384. The van der Waals surface area contributed by atoms with E-state index in [0.29, 0.717) is 27.7 Å². The maximum atomic E-state index is 13.6. The van der Waals surface area contributed by atoms with Gasteiger partial charge in [-0.15, -0.1) is 0 Å². The highest BCUT2D eigenvalue weighted by atomic mass is 16.6. The summed E-state index contributed by atoms with van der Waals surface area (Å²) < 4.78 is 1.36. The second-order valence-electron chi connectivity index (χ2n) is 8.02. The fourth-order valence-electron chi connectivity index (χ4n) is 3.90. The lowest BCUT2D eigenvalue weighted by atomic mass is 10.1. The van der Waals surface area contributed by atoms with Crippen molar-refractivity contribution in [3.05, 3.63) is 135 Å². The van der Waals surface area contributed by atoms with Gasteiger partial charge in [-0.05, 0) is 48.0 Å². The van der Waals surface area contributed by atoms with E-state index < -0.39 is 4.92 Å². The molecule has 0 saturated carbocycles. The minimum atomic E-state index is -0.496. The van der Waals surface area contributed by atoms with Crippen LogP contribution in [0.2, 0.25) is 0 Å². The van der Waals surface area contributed by atoms with Crippen molar-refractivity contribution in [2.75, 3.05) is 0 Å². The highest BCUT2D eigenvalue weighted by Gasteiger charge is 2.21. The van der Waals surface area contributed by atoms with Crippen molar-refractivity contribution in [1.82, 2.24) is 15.0 Å². The summed E-state index contributed by atoms with van der Waals surface area (Å²) in [7, 11) is 0. The minimum Gasteiger partial charge on any atom is -0.268 e. The van der Waals surface area contributed by atoms with Crippen molar-refractivity contribution in [1.29, 1.82) is 0 Å². The molecule has 1 aromatic heterocycles. The average Bonchev–Trinajstić information content (AvgIpc) is 2.94. The van der Waals surface area contributed by atoms with Gasteiger partial charge in [-0.3, -0.25) is 24.3 Å². The number of nitro groups is 1. The molecule has 0 saturated heterocycles. The second kappa shape index (κ2) is 10.0. The average molecular weight is 489 g/mol. The molecular formula is C28H19N5O4. The number of carbonyl (C=O) groups excluding carboxylic acids is 1. The quantitative estimate of drug-likeness (QED) is 0.210. The van der Waals surface area contributed by atoms with Gasteiger partial charge in [0.2, 0.25) is 0 Å². The zero-order valence-electron chi connectivity index (χ0n) is 19.3. The number of nitrogens with one attached hydrogen (secondary N) is 1. The van der Waals surface area contributed by atoms with Crippen LogP contribution in [0.4, 0.5) is 5.69 Å². The van der Waals surface area contributed by atoms with Crippen LogP contribution in [-0.2, 0) is 0 Å². The first-order valence-electron chi connectivity index (χ1n) is 11.3.